The van der Waals surface area contributed by atoms with Gasteiger partial charge in [0.25, 0.3) is 0 Å². The van der Waals surface area contributed by atoms with Crippen molar-refractivity contribution in [1.82, 2.24) is 4.90 Å². The Balaban J connectivity index is 1.64. The highest BCUT2D eigenvalue weighted by Gasteiger charge is 2.36. The van der Waals surface area contributed by atoms with E-state index in [2.05, 4.69) is 10.2 Å². The van der Waals surface area contributed by atoms with Crippen LogP contribution in [-0.4, -0.2) is 55.8 Å². The van der Waals surface area contributed by atoms with E-state index in [1.165, 1.54) is 0 Å². The largest absolute Gasteiger partial charge is 0.463 e. The summed E-state index contributed by atoms with van der Waals surface area (Å²) in [6, 6.07) is 22.4. The Kier molecular flexibility index (Phi) is 8.10. The van der Waals surface area contributed by atoms with Gasteiger partial charge in [-0.15, -0.1) is 0 Å². The van der Waals surface area contributed by atoms with Crippen LogP contribution in [0.5, 0.6) is 0 Å². The Bertz CT molecular complexity index is 1320. The van der Waals surface area contributed by atoms with Crippen molar-refractivity contribution in [3.05, 3.63) is 95.1 Å². The fourth-order valence-corrected chi connectivity index (χ4v) is 4.16. The molecule has 3 aromatic rings. The lowest BCUT2D eigenvalue weighted by molar-refractivity contribution is -0.146. The predicted molar refractivity (Wildman–Crippen MR) is 141 cm³/mol. The van der Waals surface area contributed by atoms with Crippen LogP contribution in [0.3, 0.4) is 0 Å². The first-order chi connectivity index (χ1) is 17.9. The molecule has 3 aromatic carbocycles. The Morgan fingerprint density at radius 1 is 0.946 bits per heavy atom. The Labute approximate surface area is 215 Å². The predicted octanol–water partition coefficient (Wildman–Crippen LogP) is 4.32. The van der Waals surface area contributed by atoms with Gasteiger partial charge in [-0.3, -0.25) is 9.79 Å². The Morgan fingerprint density at radius 2 is 1.68 bits per heavy atom. The zero-order valence-electron chi connectivity index (χ0n) is 21.1. The van der Waals surface area contributed by atoms with Crippen LogP contribution in [0.15, 0.2) is 77.8 Å². The number of esters is 2. The third kappa shape index (κ3) is 6.29. The number of hydrogen-bond acceptors (Lipinski definition) is 7. The molecule has 0 fully saturated rings. The standard InChI is InChI=1S/C29H29N3O5/c1-4-36-25(33)18-37-29(35)21-12-15-23-24(16-21)31-28(34)26(23)27(20-8-6-5-7-9-20)30-22-13-10-19(11-14-22)17-32(2)3/h5-16,26H,4,17-18H2,1-3H3,(H,31,34). The molecule has 8 heteroatoms. The fourth-order valence-electron chi connectivity index (χ4n) is 4.16. The topological polar surface area (TPSA) is 97.3 Å². The SMILES string of the molecule is CCOC(=O)COC(=O)c1ccc2c(c1)NC(=O)C2C(=Nc1ccc(CN(C)C)cc1)c1ccccc1. The lowest BCUT2D eigenvalue weighted by Gasteiger charge is -2.14. The van der Waals surface area contributed by atoms with Gasteiger partial charge in [-0.1, -0.05) is 48.5 Å². The quantitative estimate of drug-likeness (QED) is 0.348. The lowest BCUT2D eigenvalue weighted by Crippen LogP contribution is -2.21. The average Bonchev–Trinajstić information content (AvgIpc) is 3.22. The van der Waals surface area contributed by atoms with Crippen LogP contribution in [0.1, 0.15) is 39.9 Å². The van der Waals surface area contributed by atoms with Crippen LogP contribution in [0.2, 0.25) is 0 Å². The highest BCUT2D eigenvalue weighted by Crippen LogP contribution is 2.37. The second-order valence-corrected chi connectivity index (χ2v) is 8.87. The molecule has 1 heterocycles. The van der Waals surface area contributed by atoms with E-state index in [9.17, 15) is 14.4 Å². The lowest BCUT2D eigenvalue weighted by atomic mass is 9.90. The molecule has 4 rings (SSSR count). The first-order valence-electron chi connectivity index (χ1n) is 12.0. The van der Waals surface area contributed by atoms with Gasteiger partial charge in [-0.05, 0) is 62.0 Å². The Morgan fingerprint density at radius 3 is 2.35 bits per heavy atom. The molecule has 1 amide bonds. The number of carbonyl (C=O) groups is 3. The van der Waals surface area contributed by atoms with E-state index in [1.807, 2.05) is 68.7 Å². The van der Waals surface area contributed by atoms with E-state index in [0.717, 1.165) is 23.4 Å². The number of fused-ring (bicyclic) bond motifs is 1. The molecule has 0 saturated heterocycles. The fraction of sp³-hybridized carbons (Fsp3) is 0.241. The minimum Gasteiger partial charge on any atom is -0.463 e. The summed E-state index contributed by atoms with van der Waals surface area (Å²) in [6.45, 7) is 2.22. The smallest absolute Gasteiger partial charge is 0.344 e. The van der Waals surface area contributed by atoms with E-state index in [-0.39, 0.29) is 18.1 Å². The van der Waals surface area contributed by atoms with Crippen LogP contribution in [0.4, 0.5) is 11.4 Å². The van der Waals surface area contributed by atoms with Crippen molar-refractivity contribution in [2.75, 3.05) is 32.6 Å². The van der Waals surface area contributed by atoms with Crippen LogP contribution in [0, 0.1) is 0 Å². The molecule has 0 bridgehead atoms. The van der Waals surface area contributed by atoms with Gasteiger partial charge < -0.3 is 19.7 Å². The minimum absolute atomic E-state index is 0.203. The van der Waals surface area contributed by atoms with E-state index in [0.29, 0.717) is 17.0 Å². The number of amides is 1. The van der Waals surface area contributed by atoms with Crippen molar-refractivity contribution >= 4 is 34.9 Å². The van der Waals surface area contributed by atoms with Crippen LogP contribution in [-0.2, 0) is 25.6 Å². The third-order valence-electron chi connectivity index (χ3n) is 5.77. The zero-order valence-corrected chi connectivity index (χ0v) is 21.1. The zero-order chi connectivity index (χ0) is 26.4. The molecular formula is C29H29N3O5. The summed E-state index contributed by atoms with van der Waals surface area (Å²) < 4.78 is 9.81. The number of hydrogen-bond donors (Lipinski definition) is 1. The van der Waals surface area contributed by atoms with E-state index in [1.54, 1.807) is 25.1 Å². The number of ether oxygens (including phenoxy) is 2. The van der Waals surface area contributed by atoms with Gasteiger partial charge in [-0.25, -0.2) is 9.59 Å². The van der Waals surface area contributed by atoms with Crippen molar-refractivity contribution in [3.63, 3.8) is 0 Å². The molecule has 0 aromatic heterocycles. The minimum atomic E-state index is -0.677. The summed E-state index contributed by atoms with van der Waals surface area (Å²) >= 11 is 0. The molecule has 0 aliphatic carbocycles. The van der Waals surface area contributed by atoms with E-state index < -0.39 is 24.5 Å². The maximum Gasteiger partial charge on any atom is 0.344 e. The number of rotatable bonds is 9. The molecule has 8 nitrogen and oxygen atoms in total. The Hall–Kier alpha value is -4.30. The maximum atomic E-state index is 13.2. The van der Waals surface area contributed by atoms with Gasteiger partial charge in [0.05, 0.1) is 23.6 Å². The molecule has 1 N–H and O–H groups in total. The molecule has 190 valence electrons. The van der Waals surface area contributed by atoms with Crippen molar-refractivity contribution in [3.8, 4) is 0 Å². The van der Waals surface area contributed by atoms with Crippen molar-refractivity contribution in [2.45, 2.75) is 19.4 Å². The van der Waals surface area contributed by atoms with Crippen molar-refractivity contribution in [2.24, 2.45) is 4.99 Å². The van der Waals surface area contributed by atoms with Gasteiger partial charge in [0, 0.05) is 12.2 Å². The van der Waals surface area contributed by atoms with E-state index in [4.69, 9.17) is 14.5 Å². The number of benzene rings is 3. The molecule has 0 radical (unpaired) electrons. The second-order valence-electron chi connectivity index (χ2n) is 8.87. The number of carbonyl (C=O) groups excluding carboxylic acids is 3. The molecule has 0 spiro atoms. The number of nitrogens with one attached hydrogen (secondary N) is 1. The molecule has 1 aliphatic rings. The van der Waals surface area contributed by atoms with Crippen molar-refractivity contribution < 1.29 is 23.9 Å². The molecule has 37 heavy (non-hydrogen) atoms. The highest BCUT2D eigenvalue weighted by atomic mass is 16.6. The molecule has 1 aliphatic heterocycles. The molecular weight excluding hydrogens is 470 g/mol. The summed E-state index contributed by atoms with van der Waals surface area (Å²) in [5, 5.41) is 2.87. The summed E-state index contributed by atoms with van der Waals surface area (Å²) in [4.78, 5) is 44.1. The van der Waals surface area contributed by atoms with Gasteiger partial charge in [0.1, 0.15) is 5.92 Å². The van der Waals surface area contributed by atoms with Gasteiger partial charge in [0.15, 0.2) is 6.61 Å². The summed E-state index contributed by atoms with van der Waals surface area (Å²) in [7, 11) is 4.03. The van der Waals surface area contributed by atoms with Gasteiger partial charge in [0.2, 0.25) is 5.91 Å². The van der Waals surface area contributed by atoms with Crippen LogP contribution in [0.25, 0.3) is 0 Å². The normalized spacial score (nSPS) is 14.8. The molecule has 1 unspecified atom stereocenters. The van der Waals surface area contributed by atoms with E-state index >= 15 is 0 Å². The average molecular weight is 500 g/mol. The summed E-state index contributed by atoms with van der Waals surface area (Å²) in [5.41, 5.74) is 4.77. The monoisotopic (exact) mass is 499 g/mol. The highest BCUT2D eigenvalue weighted by molar-refractivity contribution is 6.24. The summed E-state index contributed by atoms with van der Waals surface area (Å²) in [6.07, 6.45) is 0. The summed E-state index contributed by atoms with van der Waals surface area (Å²) in [5.74, 6) is -2.20. The van der Waals surface area contributed by atoms with Crippen LogP contribution >= 0.6 is 0 Å². The molecule has 0 saturated carbocycles. The second kappa shape index (κ2) is 11.6. The van der Waals surface area contributed by atoms with Crippen molar-refractivity contribution in [1.29, 1.82) is 0 Å². The number of anilines is 1. The third-order valence-corrected chi connectivity index (χ3v) is 5.77. The first kappa shape index (κ1) is 25.8. The van der Waals surface area contributed by atoms with Crippen LogP contribution < -0.4 is 5.32 Å². The first-order valence-corrected chi connectivity index (χ1v) is 12.0. The number of nitrogens with zero attached hydrogens (tertiary/aromatic N) is 2. The van der Waals surface area contributed by atoms with Gasteiger partial charge >= 0.3 is 11.9 Å². The van der Waals surface area contributed by atoms with Gasteiger partial charge in [-0.2, -0.15) is 0 Å². The molecule has 1 atom stereocenters. The number of aliphatic imine (C=N–C) groups is 1. The maximum absolute atomic E-state index is 13.2.